The van der Waals surface area contributed by atoms with Crippen LogP contribution in [-0.2, 0) is 9.47 Å². The van der Waals surface area contributed by atoms with Gasteiger partial charge in [0.2, 0.25) is 0 Å². The first-order valence-electron chi connectivity index (χ1n) is 4.20. The summed E-state index contributed by atoms with van der Waals surface area (Å²) >= 11 is 0. The zero-order valence-electron chi connectivity index (χ0n) is 6.75. The molecule has 0 aromatic carbocycles. The number of hydrogen-bond donors (Lipinski definition) is 1. The molecule has 0 saturated carbocycles. The molecule has 11 heavy (non-hydrogen) atoms. The van der Waals surface area contributed by atoms with Gasteiger partial charge in [-0.15, -0.1) is 0 Å². The van der Waals surface area contributed by atoms with Crippen molar-refractivity contribution in [2.45, 2.75) is 44.2 Å². The first-order valence-corrected chi connectivity index (χ1v) is 4.20. The minimum atomic E-state index is -0.393. The molecule has 0 spiro atoms. The van der Waals surface area contributed by atoms with Crippen molar-refractivity contribution < 1.29 is 14.6 Å². The smallest absolute Gasteiger partial charge is 0.166 e. The molecule has 1 N–H and O–H groups in total. The number of fused-ring (bicyclic) bond motifs is 2. The molecule has 64 valence electrons. The summed E-state index contributed by atoms with van der Waals surface area (Å²) in [4.78, 5) is 0. The molecular formula is C8H14O3. The summed E-state index contributed by atoms with van der Waals surface area (Å²) in [5, 5.41) is 8.92. The predicted octanol–water partition coefficient (Wildman–Crippen LogP) is 0.663. The van der Waals surface area contributed by atoms with Crippen LogP contribution in [0.25, 0.3) is 0 Å². The Balaban J connectivity index is 2.10. The Hall–Kier alpha value is -0.120. The molecule has 0 aliphatic carbocycles. The summed E-state index contributed by atoms with van der Waals surface area (Å²) in [7, 11) is 0. The van der Waals surface area contributed by atoms with Crippen LogP contribution in [0.3, 0.4) is 0 Å². The van der Waals surface area contributed by atoms with Crippen LogP contribution in [0.15, 0.2) is 0 Å². The number of hydrogen-bond acceptors (Lipinski definition) is 3. The lowest BCUT2D eigenvalue weighted by atomic mass is 10.0. The Morgan fingerprint density at radius 2 is 2.36 bits per heavy atom. The first-order chi connectivity index (χ1) is 5.23. The summed E-state index contributed by atoms with van der Waals surface area (Å²) in [5.41, 5.74) is 0. The van der Waals surface area contributed by atoms with Crippen LogP contribution in [0.5, 0.6) is 0 Å². The molecule has 2 fully saturated rings. The molecule has 2 aliphatic heterocycles. The molecule has 0 aromatic rings. The second-order valence-electron chi connectivity index (χ2n) is 3.52. The third-order valence-corrected chi connectivity index (χ3v) is 2.52. The van der Waals surface area contributed by atoms with Gasteiger partial charge in [-0.05, 0) is 19.8 Å². The Kier molecular flexibility index (Phi) is 1.67. The van der Waals surface area contributed by atoms with Crippen molar-refractivity contribution in [1.82, 2.24) is 0 Å². The lowest BCUT2D eigenvalue weighted by molar-refractivity contribution is -0.180. The van der Waals surface area contributed by atoms with E-state index >= 15 is 0 Å². The third-order valence-electron chi connectivity index (χ3n) is 2.52. The minimum Gasteiger partial charge on any atom is -0.394 e. The summed E-state index contributed by atoms with van der Waals surface area (Å²) in [6.07, 6.45) is 3.19. The van der Waals surface area contributed by atoms with Gasteiger partial charge in [-0.2, -0.15) is 0 Å². The van der Waals surface area contributed by atoms with Crippen LogP contribution in [0.1, 0.15) is 26.2 Å². The van der Waals surface area contributed by atoms with Gasteiger partial charge in [0.1, 0.15) is 6.10 Å². The van der Waals surface area contributed by atoms with Crippen molar-refractivity contribution in [2.75, 3.05) is 6.61 Å². The second-order valence-corrected chi connectivity index (χ2v) is 3.52. The van der Waals surface area contributed by atoms with Crippen molar-refractivity contribution in [1.29, 1.82) is 0 Å². The monoisotopic (exact) mass is 158 g/mol. The van der Waals surface area contributed by atoms with E-state index in [2.05, 4.69) is 0 Å². The van der Waals surface area contributed by atoms with Crippen molar-refractivity contribution >= 4 is 0 Å². The standard InChI is InChI=1S/C8H14O3/c1-8-4-2-3-6(10-8)7(5-9)11-8/h6-7,9H,2-5H2,1H3/t6-,7+,8+/m0/s1. The predicted molar refractivity (Wildman–Crippen MR) is 39.1 cm³/mol. The van der Waals surface area contributed by atoms with E-state index in [-0.39, 0.29) is 18.8 Å². The lowest BCUT2D eigenvalue weighted by Gasteiger charge is -2.26. The van der Waals surface area contributed by atoms with Gasteiger partial charge in [0.05, 0.1) is 12.7 Å². The average molecular weight is 158 g/mol. The normalized spacial score (nSPS) is 49.6. The van der Waals surface area contributed by atoms with Gasteiger partial charge in [-0.3, -0.25) is 0 Å². The van der Waals surface area contributed by atoms with E-state index in [1.165, 1.54) is 0 Å². The second kappa shape index (κ2) is 2.44. The minimum absolute atomic E-state index is 0.0810. The van der Waals surface area contributed by atoms with E-state index in [1.54, 1.807) is 0 Å². The number of ether oxygens (including phenoxy) is 2. The third kappa shape index (κ3) is 1.17. The van der Waals surface area contributed by atoms with E-state index in [0.717, 1.165) is 19.3 Å². The van der Waals surface area contributed by atoms with Gasteiger partial charge in [0.25, 0.3) is 0 Å². The molecule has 2 bridgehead atoms. The van der Waals surface area contributed by atoms with Crippen LogP contribution in [0, 0.1) is 0 Å². The molecule has 0 aromatic heterocycles. The SMILES string of the molecule is C[C@@]12CCC[C@H](O1)[C@@H](CO)O2. The molecule has 0 amide bonds. The fourth-order valence-corrected chi connectivity index (χ4v) is 1.96. The Bertz CT molecular complexity index is 159. The van der Waals surface area contributed by atoms with Gasteiger partial charge in [0, 0.05) is 6.42 Å². The quantitative estimate of drug-likeness (QED) is 0.609. The van der Waals surface area contributed by atoms with Gasteiger partial charge in [-0.25, -0.2) is 0 Å². The molecule has 3 heteroatoms. The molecule has 3 atom stereocenters. The maximum Gasteiger partial charge on any atom is 0.166 e. The molecule has 0 radical (unpaired) electrons. The molecule has 2 rings (SSSR count). The van der Waals surface area contributed by atoms with E-state index in [4.69, 9.17) is 14.6 Å². The Morgan fingerprint density at radius 1 is 1.55 bits per heavy atom. The van der Waals surface area contributed by atoms with E-state index in [1.807, 2.05) is 6.92 Å². The highest BCUT2D eigenvalue weighted by Gasteiger charge is 2.46. The van der Waals surface area contributed by atoms with E-state index in [0.29, 0.717) is 0 Å². The zero-order valence-corrected chi connectivity index (χ0v) is 6.75. The maximum absolute atomic E-state index is 8.92. The first kappa shape index (κ1) is 7.53. The number of aliphatic hydroxyl groups excluding tert-OH is 1. The van der Waals surface area contributed by atoms with Gasteiger partial charge in [-0.1, -0.05) is 0 Å². The molecular weight excluding hydrogens is 144 g/mol. The number of rotatable bonds is 1. The van der Waals surface area contributed by atoms with Crippen molar-refractivity contribution in [3.05, 3.63) is 0 Å². The summed E-state index contributed by atoms with van der Waals surface area (Å²) in [5.74, 6) is -0.393. The average Bonchev–Trinajstić information content (AvgIpc) is 2.21. The largest absolute Gasteiger partial charge is 0.394 e. The van der Waals surface area contributed by atoms with E-state index < -0.39 is 5.79 Å². The van der Waals surface area contributed by atoms with E-state index in [9.17, 15) is 0 Å². The Morgan fingerprint density at radius 3 is 3.00 bits per heavy atom. The molecule has 3 nitrogen and oxygen atoms in total. The maximum atomic E-state index is 8.92. The fourth-order valence-electron chi connectivity index (χ4n) is 1.96. The topological polar surface area (TPSA) is 38.7 Å². The summed E-state index contributed by atoms with van der Waals surface area (Å²) in [6, 6.07) is 0. The number of aliphatic hydroxyl groups is 1. The zero-order chi connectivity index (χ0) is 7.90. The van der Waals surface area contributed by atoms with Crippen LogP contribution >= 0.6 is 0 Å². The van der Waals surface area contributed by atoms with Gasteiger partial charge in [0.15, 0.2) is 5.79 Å². The highest BCUT2D eigenvalue weighted by molar-refractivity contribution is 4.87. The van der Waals surface area contributed by atoms with Crippen LogP contribution in [0.2, 0.25) is 0 Å². The van der Waals surface area contributed by atoms with Crippen molar-refractivity contribution in [2.24, 2.45) is 0 Å². The van der Waals surface area contributed by atoms with Crippen LogP contribution in [-0.4, -0.2) is 29.7 Å². The highest BCUT2D eigenvalue weighted by atomic mass is 16.8. The van der Waals surface area contributed by atoms with Gasteiger partial charge >= 0.3 is 0 Å². The van der Waals surface area contributed by atoms with Crippen molar-refractivity contribution in [3.8, 4) is 0 Å². The molecule has 2 heterocycles. The van der Waals surface area contributed by atoms with Crippen molar-refractivity contribution in [3.63, 3.8) is 0 Å². The molecule has 2 saturated heterocycles. The summed E-state index contributed by atoms with van der Waals surface area (Å²) < 4.78 is 11.2. The fraction of sp³-hybridized carbons (Fsp3) is 1.00. The Labute approximate surface area is 66.3 Å². The highest BCUT2D eigenvalue weighted by Crippen LogP contribution is 2.39. The lowest BCUT2D eigenvalue weighted by Crippen LogP contribution is -2.30. The van der Waals surface area contributed by atoms with Gasteiger partial charge < -0.3 is 14.6 Å². The molecule has 2 aliphatic rings. The molecule has 0 unspecified atom stereocenters. The van der Waals surface area contributed by atoms with Crippen LogP contribution in [0.4, 0.5) is 0 Å². The summed E-state index contributed by atoms with van der Waals surface area (Å²) in [6.45, 7) is 2.04. The van der Waals surface area contributed by atoms with Crippen LogP contribution < -0.4 is 0 Å².